The van der Waals surface area contributed by atoms with E-state index in [4.69, 9.17) is 9.47 Å². The highest BCUT2D eigenvalue weighted by Gasteiger charge is 2.34. The Morgan fingerprint density at radius 2 is 1.81 bits per heavy atom. The first kappa shape index (κ1) is 16.8. The number of ether oxygens (including phenoxy) is 2. The highest BCUT2D eigenvalue weighted by molar-refractivity contribution is 5.84. The third-order valence-corrected chi connectivity index (χ3v) is 3.16. The van der Waals surface area contributed by atoms with Crippen molar-refractivity contribution in [2.24, 2.45) is 0 Å². The number of amides is 1. The maximum Gasteiger partial charge on any atom is 0.331 e. The Labute approximate surface area is 124 Å². The molecule has 0 bridgehead atoms. The molecule has 0 aromatic heterocycles. The van der Waals surface area contributed by atoms with Crippen molar-refractivity contribution in [3.63, 3.8) is 0 Å². The van der Waals surface area contributed by atoms with Gasteiger partial charge in [-0.3, -0.25) is 4.79 Å². The van der Waals surface area contributed by atoms with Crippen LogP contribution in [-0.2, 0) is 9.59 Å². The highest BCUT2D eigenvalue weighted by Crippen LogP contribution is 2.37. The van der Waals surface area contributed by atoms with E-state index >= 15 is 0 Å². The summed E-state index contributed by atoms with van der Waals surface area (Å²) in [6, 6.07) is 3.57. The Balaban J connectivity index is 3.49. The predicted molar refractivity (Wildman–Crippen MR) is 77.6 cm³/mol. The second kappa shape index (κ2) is 6.97. The maximum absolute atomic E-state index is 11.8. The van der Waals surface area contributed by atoms with Crippen LogP contribution < -0.4 is 9.47 Å². The van der Waals surface area contributed by atoms with E-state index in [1.807, 2.05) is 0 Å². The molecule has 116 valence electrons. The van der Waals surface area contributed by atoms with Gasteiger partial charge < -0.3 is 19.5 Å². The van der Waals surface area contributed by atoms with Gasteiger partial charge in [0, 0.05) is 18.5 Å². The van der Waals surface area contributed by atoms with Crippen LogP contribution in [0.1, 0.15) is 32.4 Å². The zero-order valence-electron chi connectivity index (χ0n) is 12.9. The van der Waals surface area contributed by atoms with Crippen LogP contribution in [0.25, 0.3) is 0 Å². The molecule has 6 heteroatoms. The summed E-state index contributed by atoms with van der Waals surface area (Å²) in [6.07, 6.45) is 0. The number of carboxylic acids is 1. The molecular formula is C15H21NO5. The van der Waals surface area contributed by atoms with Crippen LogP contribution in [0.3, 0.4) is 0 Å². The summed E-state index contributed by atoms with van der Waals surface area (Å²) in [5.41, 5.74) is 0.383. The van der Waals surface area contributed by atoms with E-state index in [0.29, 0.717) is 17.1 Å². The van der Waals surface area contributed by atoms with Gasteiger partial charge in [-0.15, -0.1) is 0 Å². The Morgan fingerprint density at radius 1 is 1.19 bits per heavy atom. The Kier molecular flexibility index (Phi) is 5.58. The number of carbonyl (C=O) groups excluding carboxylic acids is 1. The Morgan fingerprint density at radius 3 is 2.19 bits per heavy atom. The highest BCUT2D eigenvalue weighted by atomic mass is 16.5. The molecular weight excluding hydrogens is 274 g/mol. The van der Waals surface area contributed by atoms with Gasteiger partial charge in [-0.1, -0.05) is 12.1 Å². The fourth-order valence-corrected chi connectivity index (χ4v) is 2.37. The molecule has 0 aliphatic rings. The van der Waals surface area contributed by atoms with E-state index in [0.717, 1.165) is 0 Å². The molecule has 0 fully saturated rings. The van der Waals surface area contributed by atoms with Crippen LogP contribution in [0.2, 0.25) is 0 Å². The first-order chi connectivity index (χ1) is 9.84. The molecule has 0 radical (unpaired) electrons. The largest absolute Gasteiger partial charge is 0.493 e. The number of carboxylic acid groups (broad SMARTS) is 1. The summed E-state index contributed by atoms with van der Waals surface area (Å²) in [5, 5.41) is 9.59. The number of nitrogens with zero attached hydrogens (tertiary/aromatic N) is 1. The van der Waals surface area contributed by atoms with Gasteiger partial charge in [-0.05, 0) is 19.9 Å². The molecule has 1 aromatic rings. The van der Waals surface area contributed by atoms with Crippen LogP contribution >= 0.6 is 0 Å². The van der Waals surface area contributed by atoms with E-state index in [-0.39, 0.29) is 11.9 Å². The fourth-order valence-electron chi connectivity index (χ4n) is 2.37. The third-order valence-electron chi connectivity index (χ3n) is 3.16. The molecule has 1 aromatic carbocycles. The summed E-state index contributed by atoms with van der Waals surface area (Å²) >= 11 is 0. The number of carbonyl (C=O) groups is 2. The lowest BCUT2D eigenvalue weighted by Crippen LogP contribution is -2.42. The van der Waals surface area contributed by atoms with E-state index < -0.39 is 12.0 Å². The summed E-state index contributed by atoms with van der Waals surface area (Å²) in [4.78, 5) is 24.9. The minimum absolute atomic E-state index is 0.264. The van der Waals surface area contributed by atoms with Gasteiger partial charge in [-0.25, -0.2) is 4.79 Å². The van der Waals surface area contributed by atoms with E-state index in [1.54, 1.807) is 32.0 Å². The smallest absolute Gasteiger partial charge is 0.331 e. The van der Waals surface area contributed by atoms with Crippen molar-refractivity contribution in [1.29, 1.82) is 0 Å². The first-order valence-corrected chi connectivity index (χ1v) is 6.57. The van der Waals surface area contributed by atoms with Crippen molar-refractivity contribution >= 4 is 11.9 Å². The van der Waals surface area contributed by atoms with Crippen molar-refractivity contribution in [2.45, 2.75) is 32.9 Å². The lowest BCUT2D eigenvalue weighted by molar-refractivity contribution is -0.151. The van der Waals surface area contributed by atoms with Crippen molar-refractivity contribution in [1.82, 2.24) is 4.90 Å². The van der Waals surface area contributed by atoms with Crippen molar-refractivity contribution < 1.29 is 24.2 Å². The summed E-state index contributed by atoms with van der Waals surface area (Å²) in [7, 11) is 2.91. The number of hydrogen-bond donors (Lipinski definition) is 1. The van der Waals surface area contributed by atoms with Gasteiger partial charge in [0.2, 0.25) is 5.91 Å². The van der Waals surface area contributed by atoms with Gasteiger partial charge in [0.25, 0.3) is 0 Å². The summed E-state index contributed by atoms with van der Waals surface area (Å²) < 4.78 is 10.5. The first-order valence-electron chi connectivity index (χ1n) is 6.57. The van der Waals surface area contributed by atoms with Crippen LogP contribution in [0.5, 0.6) is 11.5 Å². The fraction of sp³-hybridized carbons (Fsp3) is 0.467. The van der Waals surface area contributed by atoms with Gasteiger partial charge >= 0.3 is 5.97 Å². The van der Waals surface area contributed by atoms with Crippen LogP contribution in [0, 0.1) is 0 Å². The summed E-state index contributed by atoms with van der Waals surface area (Å²) in [5.74, 6) is -0.694. The van der Waals surface area contributed by atoms with Crippen LogP contribution in [0.4, 0.5) is 0 Å². The van der Waals surface area contributed by atoms with Crippen LogP contribution in [-0.4, -0.2) is 42.1 Å². The maximum atomic E-state index is 11.8. The number of para-hydroxylation sites is 1. The van der Waals surface area contributed by atoms with Crippen molar-refractivity contribution in [3.05, 3.63) is 23.8 Å². The quantitative estimate of drug-likeness (QED) is 0.869. The molecule has 1 amide bonds. The molecule has 0 aliphatic heterocycles. The molecule has 1 unspecified atom stereocenters. The normalized spacial score (nSPS) is 11.9. The molecule has 0 saturated heterocycles. The molecule has 1 N–H and O–H groups in total. The number of hydrogen-bond acceptors (Lipinski definition) is 4. The van der Waals surface area contributed by atoms with Gasteiger partial charge in [0.1, 0.15) is 0 Å². The average molecular weight is 295 g/mol. The predicted octanol–water partition coefficient (Wildman–Crippen LogP) is 2.09. The van der Waals surface area contributed by atoms with E-state index in [2.05, 4.69) is 0 Å². The minimum atomic E-state index is -1.13. The monoisotopic (exact) mass is 295 g/mol. The van der Waals surface area contributed by atoms with Crippen LogP contribution in [0.15, 0.2) is 18.2 Å². The second-order valence-corrected chi connectivity index (χ2v) is 4.84. The lowest BCUT2D eigenvalue weighted by Gasteiger charge is -2.32. The van der Waals surface area contributed by atoms with Crippen molar-refractivity contribution in [3.8, 4) is 11.5 Å². The SMILES string of the molecule is COc1cccc(C(C(=O)O)N(C(C)=O)C(C)C)c1OC. The third kappa shape index (κ3) is 3.45. The molecule has 0 saturated carbocycles. The molecule has 0 heterocycles. The number of methoxy groups -OCH3 is 2. The second-order valence-electron chi connectivity index (χ2n) is 4.84. The average Bonchev–Trinajstić information content (AvgIpc) is 2.42. The number of benzene rings is 1. The number of rotatable bonds is 6. The van der Waals surface area contributed by atoms with Crippen molar-refractivity contribution in [2.75, 3.05) is 14.2 Å². The van der Waals surface area contributed by atoms with Gasteiger partial charge in [0.05, 0.1) is 14.2 Å². The van der Waals surface area contributed by atoms with E-state index in [1.165, 1.54) is 26.0 Å². The number of aliphatic carboxylic acids is 1. The molecule has 21 heavy (non-hydrogen) atoms. The van der Waals surface area contributed by atoms with E-state index in [9.17, 15) is 14.7 Å². The minimum Gasteiger partial charge on any atom is -0.493 e. The standard InChI is InChI=1S/C15H21NO5/c1-9(2)16(10(3)17)13(15(18)19)11-7-6-8-12(20-4)14(11)21-5/h6-9,13H,1-5H3,(H,18,19). The molecule has 6 nitrogen and oxygen atoms in total. The molecule has 1 atom stereocenters. The Hall–Kier alpha value is -2.24. The zero-order chi connectivity index (χ0) is 16.2. The molecule has 0 aliphatic carbocycles. The summed E-state index contributed by atoms with van der Waals surface area (Å²) in [6.45, 7) is 4.89. The topological polar surface area (TPSA) is 76.1 Å². The lowest BCUT2D eigenvalue weighted by atomic mass is 10.0. The molecule has 1 rings (SSSR count). The Bertz CT molecular complexity index is 527. The van der Waals surface area contributed by atoms with Gasteiger partial charge in [-0.2, -0.15) is 0 Å². The zero-order valence-corrected chi connectivity index (χ0v) is 12.9. The molecule has 0 spiro atoms. The van der Waals surface area contributed by atoms with Gasteiger partial charge in [0.15, 0.2) is 17.5 Å².